The summed E-state index contributed by atoms with van der Waals surface area (Å²) >= 11 is 0. The maximum absolute atomic E-state index is 10.9. The molecular formula is C9H14N4O2. The highest BCUT2D eigenvalue weighted by Gasteiger charge is 2.18. The standard InChI is InChI=1S/C9H14N4O2/c10-7-4-13(12-8(7)9(11)14)3-6-1-2-15-5-6/h4,6H,1-3,5,10H2,(H2,11,14)/t6-/m1/s1. The number of nitrogens with zero attached hydrogens (tertiary/aromatic N) is 2. The van der Waals surface area contributed by atoms with Crippen LogP contribution in [0.1, 0.15) is 16.9 Å². The summed E-state index contributed by atoms with van der Waals surface area (Å²) in [6, 6.07) is 0. The molecule has 1 amide bonds. The highest BCUT2D eigenvalue weighted by Crippen LogP contribution is 2.16. The van der Waals surface area contributed by atoms with E-state index in [1.54, 1.807) is 10.9 Å². The van der Waals surface area contributed by atoms with Gasteiger partial charge in [0, 0.05) is 25.3 Å². The van der Waals surface area contributed by atoms with Gasteiger partial charge in [0.15, 0.2) is 5.69 Å². The van der Waals surface area contributed by atoms with Crippen LogP contribution in [0.5, 0.6) is 0 Å². The van der Waals surface area contributed by atoms with Crippen molar-refractivity contribution in [1.82, 2.24) is 9.78 Å². The molecule has 0 aromatic carbocycles. The number of primary amides is 1. The summed E-state index contributed by atoms with van der Waals surface area (Å²) < 4.78 is 6.91. The van der Waals surface area contributed by atoms with Gasteiger partial charge in [-0.1, -0.05) is 0 Å². The highest BCUT2D eigenvalue weighted by atomic mass is 16.5. The Morgan fingerprint density at radius 3 is 3.07 bits per heavy atom. The van der Waals surface area contributed by atoms with Gasteiger partial charge in [-0.15, -0.1) is 0 Å². The van der Waals surface area contributed by atoms with Gasteiger partial charge >= 0.3 is 0 Å². The van der Waals surface area contributed by atoms with E-state index in [4.69, 9.17) is 16.2 Å². The number of rotatable bonds is 3. The molecule has 6 heteroatoms. The minimum Gasteiger partial charge on any atom is -0.396 e. The van der Waals surface area contributed by atoms with Gasteiger partial charge in [0.05, 0.1) is 12.3 Å². The molecule has 0 spiro atoms. The second kappa shape index (κ2) is 3.90. The van der Waals surface area contributed by atoms with Gasteiger partial charge in [-0.3, -0.25) is 9.48 Å². The number of ether oxygens (including phenoxy) is 1. The van der Waals surface area contributed by atoms with Gasteiger partial charge < -0.3 is 16.2 Å². The fourth-order valence-electron chi connectivity index (χ4n) is 1.71. The van der Waals surface area contributed by atoms with E-state index in [2.05, 4.69) is 5.10 Å². The molecule has 0 unspecified atom stereocenters. The molecule has 2 rings (SSSR count). The molecule has 1 atom stereocenters. The molecule has 1 fully saturated rings. The van der Waals surface area contributed by atoms with Gasteiger partial charge in [0.25, 0.3) is 5.91 Å². The molecule has 1 aliphatic rings. The summed E-state index contributed by atoms with van der Waals surface area (Å²) in [5.74, 6) is -0.140. The number of nitrogen functional groups attached to an aromatic ring is 1. The van der Waals surface area contributed by atoms with Crippen LogP contribution in [0.2, 0.25) is 0 Å². The molecule has 82 valence electrons. The van der Waals surface area contributed by atoms with Crippen LogP contribution < -0.4 is 11.5 Å². The summed E-state index contributed by atoms with van der Waals surface area (Å²) in [5, 5.41) is 4.03. The second-order valence-corrected chi connectivity index (χ2v) is 3.75. The van der Waals surface area contributed by atoms with Crippen LogP contribution in [-0.4, -0.2) is 28.9 Å². The van der Waals surface area contributed by atoms with Crippen molar-refractivity contribution in [3.8, 4) is 0 Å². The first-order chi connectivity index (χ1) is 7.16. The first-order valence-electron chi connectivity index (χ1n) is 4.87. The molecule has 0 saturated carbocycles. The van der Waals surface area contributed by atoms with Crippen LogP contribution in [0, 0.1) is 5.92 Å². The molecule has 1 aliphatic heterocycles. The first kappa shape index (κ1) is 9.97. The molecule has 2 heterocycles. The topological polar surface area (TPSA) is 96.2 Å². The number of hydrogen-bond acceptors (Lipinski definition) is 4. The zero-order valence-corrected chi connectivity index (χ0v) is 8.35. The minimum atomic E-state index is -0.589. The van der Waals surface area contributed by atoms with Crippen LogP contribution in [-0.2, 0) is 11.3 Å². The third-order valence-corrected chi connectivity index (χ3v) is 2.49. The Kier molecular flexibility index (Phi) is 2.59. The average molecular weight is 210 g/mol. The lowest BCUT2D eigenvalue weighted by atomic mass is 10.1. The Hall–Kier alpha value is -1.56. The zero-order chi connectivity index (χ0) is 10.8. The Labute approximate surface area is 87.2 Å². The van der Waals surface area contributed by atoms with Crippen LogP contribution in [0.15, 0.2) is 6.20 Å². The van der Waals surface area contributed by atoms with Crippen molar-refractivity contribution in [3.63, 3.8) is 0 Å². The van der Waals surface area contributed by atoms with E-state index in [1.807, 2.05) is 0 Å². The fraction of sp³-hybridized carbons (Fsp3) is 0.556. The van der Waals surface area contributed by atoms with Crippen LogP contribution in [0.4, 0.5) is 5.69 Å². The third kappa shape index (κ3) is 2.10. The Morgan fingerprint density at radius 2 is 2.53 bits per heavy atom. The summed E-state index contributed by atoms with van der Waals surface area (Å²) in [7, 11) is 0. The molecule has 15 heavy (non-hydrogen) atoms. The molecule has 1 aromatic rings. The summed E-state index contributed by atoms with van der Waals surface area (Å²) in [6.45, 7) is 2.26. The van der Waals surface area contributed by atoms with Gasteiger partial charge in [-0.25, -0.2) is 0 Å². The highest BCUT2D eigenvalue weighted by molar-refractivity contribution is 5.95. The lowest BCUT2D eigenvalue weighted by molar-refractivity contribution is 0.0995. The first-order valence-corrected chi connectivity index (χ1v) is 4.87. The van der Waals surface area contributed by atoms with E-state index in [0.29, 0.717) is 11.6 Å². The van der Waals surface area contributed by atoms with Crippen molar-refractivity contribution in [2.24, 2.45) is 11.7 Å². The molecule has 1 saturated heterocycles. The van der Waals surface area contributed by atoms with E-state index in [0.717, 1.165) is 26.2 Å². The van der Waals surface area contributed by atoms with Crippen molar-refractivity contribution in [3.05, 3.63) is 11.9 Å². The molecule has 6 nitrogen and oxygen atoms in total. The summed E-state index contributed by atoms with van der Waals surface area (Å²) in [5.41, 5.74) is 11.2. The van der Waals surface area contributed by atoms with Gasteiger partial charge in [-0.2, -0.15) is 5.10 Å². The SMILES string of the molecule is NC(=O)c1nn(C[C@H]2CCOC2)cc1N. The third-order valence-electron chi connectivity index (χ3n) is 2.49. The number of amides is 1. The number of hydrogen-bond donors (Lipinski definition) is 2. The second-order valence-electron chi connectivity index (χ2n) is 3.75. The molecule has 4 N–H and O–H groups in total. The number of nitrogens with two attached hydrogens (primary N) is 2. The summed E-state index contributed by atoms with van der Waals surface area (Å²) in [4.78, 5) is 10.9. The van der Waals surface area contributed by atoms with E-state index in [9.17, 15) is 4.79 Å². The van der Waals surface area contributed by atoms with Gasteiger partial charge in [-0.05, 0) is 6.42 Å². The molecule has 1 aromatic heterocycles. The lowest BCUT2D eigenvalue weighted by Crippen LogP contribution is -2.15. The van der Waals surface area contributed by atoms with Gasteiger partial charge in [0.1, 0.15) is 0 Å². The van der Waals surface area contributed by atoms with Crippen molar-refractivity contribution < 1.29 is 9.53 Å². The number of carbonyl (C=O) groups is 1. The van der Waals surface area contributed by atoms with Crippen molar-refractivity contribution in [2.75, 3.05) is 18.9 Å². The maximum Gasteiger partial charge on any atom is 0.271 e. The monoisotopic (exact) mass is 210 g/mol. The minimum absolute atomic E-state index is 0.147. The lowest BCUT2D eigenvalue weighted by Gasteiger charge is -2.06. The van der Waals surface area contributed by atoms with Crippen molar-refractivity contribution in [2.45, 2.75) is 13.0 Å². The predicted octanol–water partition coefficient (Wildman–Crippen LogP) is -0.399. The van der Waals surface area contributed by atoms with E-state index < -0.39 is 5.91 Å². The van der Waals surface area contributed by atoms with Crippen LogP contribution >= 0.6 is 0 Å². The number of aromatic nitrogens is 2. The largest absolute Gasteiger partial charge is 0.396 e. The Balaban J connectivity index is 2.08. The van der Waals surface area contributed by atoms with E-state index in [1.165, 1.54) is 0 Å². The van der Waals surface area contributed by atoms with Crippen LogP contribution in [0.25, 0.3) is 0 Å². The average Bonchev–Trinajstić information content (AvgIpc) is 2.75. The van der Waals surface area contributed by atoms with E-state index >= 15 is 0 Å². The quantitative estimate of drug-likeness (QED) is 0.709. The van der Waals surface area contributed by atoms with Crippen LogP contribution in [0.3, 0.4) is 0 Å². The molecule has 0 radical (unpaired) electrons. The smallest absolute Gasteiger partial charge is 0.271 e. The molecule has 0 bridgehead atoms. The Bertz CT molecular complexity index is 368. The van der Waals surface area contributed by atoms with E-state index in [-0.39, 0.29) is 5.69 Å². The molecule has 0 aliphatic carbocycles. The molecular weight excluding hydrogens is 196 g/mol. The summed E-state index contributed by atoms with van der Waals surface area (Å²) in [6.07, 6.45) is 2.66. The Morgan fingerprint density at radius 1 is 1.73 bits per heavy atom. The number of carbonyl (C=O) groups excluding carboxylic acids is 1. The normalized spacial score (nSPS) is 20.7. The maximum atomic E-state index is 10.9. The van der Waals surface area contributed by atoms with Crippen molar-refractivity contribution in [1.29, 1.82) is 0 Å². The number of anilines is 1. The fourth-order valence-corrected chi connectivity index (χ4v) is 1.71. The van der Waals surface area contributed by atoms with Gasteiger partial charge in [0.2, 0.25) is 0 Å². The zero-order valence-electron chi connectivity index (χ0n) is 8.35. The predicted molar refractivity (Wildman–Crippen MR) is 54.1 cm³/mol. The van der Waals surface area contributed by atoms with Crippen molar-refractivity contribution >= 4 is 11.6 Å².